The van der Waals surface area contributed by atoms with Crippen LogP contribution in [0.2, 0.25) is 0 Å². The number of anilines is 1. The maximum Gasteiger partial charge on any atom is 0.241 e. The molecule has 2 N–H and O–H groups in total. The second-order valence-corrected chi connectivity index (χ2v) is 7.82. The Labute approximate surface area is 139 Å². The van der Waals surface area contributed by atoms with Gasteiger partial charge in [0.15, 0.2) is 0 Å². The molecular formula is C16H17N3O2S2. The maximum atomic E-state index is 11.6. The molecule has 1 aromatic carbocycles. The van der Waals surface area contributed by atoms with Gasteiger partial charge < -0.3 is 5.32 Å². The first-order valence-corrected chi connectivity index (χ1v) is 9.55. The van der Waals surface area contributed by atoms with Crippen molar-refractivity contribution in [3.63, 3.8) is 0 Å². The van der Waals surface area contributed by atoms with Gasteiger partial charge in [0.2, 0.25) is 10.0 Å². The highest BCUT2D eigenvalue weighted by molar-refractivity contribution is 7.89. The van der Waals surface area contributed by atoms with Crippen molar-refractivity contribution in [1.29, 1.82) is 0 Å². The normalized spacial score (nSPS) is 11.7. The highest BCUT2D eigenvalue weighted by atomic mass is 32.2. The fraction of sp³-hybridized carbons (Fsp3) is 0.188. The Morgan fingerprint density at radius 1 is 1.17 bits per heavy atom. The van der Waals surface area contributed by atoms with Crippen molar-refractivity contribution in [3.05, 3.63) is 53.5 Å². The quantitative estimate of drug-likeness (QED) is 0.719. The zero-order valence-corrected chi connectivity index (χ0v) is 14.2. The fourth-order valence-corrected chi connectivity index (χ4v) is 3.98. The van der Waals surface area contributed by atoms with Crippen LogP contribution in [-0.4, -0.2) is 27.0 Å². The molecule has 0 aliphatic carbocycles. The number of nitrogens with one attached hydrogen (secondary N) is 2. The summed E-state index contributed by atoms with van der Waals surface area (Å²) in [6, 6.07) is 11.6. The molecule has 2 heterocycles. The predicted molar refractivity (Wildman–Crippen MR) is 94.5 cm³/mol. The van der Waals surface area contributed by atoms with E-state index in [4.69, 9.17) is 0 Å². The van der Waals surface area contributed by atoms with Gasteiger partial charge in [-0.2, -0.15) is 0 Å². The Morgan fingerprint density at radius 3 is 2.74 bits per heavy atom. The Bertz CT molecular complexity index is 902. The van der Waals surface area contributed by atoms with E-state index < -0.39 is 10.0 Å². The van der Waals surface area contributed by atoms with Crippen LogP contribution in [0, 0.1) is 0 Å². The van der Waals surface area contributed by atoms with Gasteiger partial charge in [0.1, 0.15) is 10.7 Å². The number of nitrogens with zero attached hydrogens (tertiary/aromatic N) is 1. The average molecular weight is 347 g/mol. The van der Waals surface area contributed by atoms with E-state index in [9.17, 15) is 8.42 Å². The number of fused-ring (bicyclic) bond motifs is 1. The number of hydrogen-bond donors (Lipinski definition) is 2. The number of sulfonamides is 1. The van der Waals surface area contributed by atoms with Crippen LogP contribution in [0.3, 0.4) is 0 Å². The molecule has 3 aromatic rings. The average Bonchev–Trinajstić information content (AvgIpc) is 2.99. The Kier molecular flexibility index (Phi) is 4.61. The van der Waals surface area contributed by atoms with Crippen LogP contribution in [0.15, 0.2) is 52.9 Å². The van der Waals surface area contributed by atoms with Gasteiger partial charge in [0.05, 0.1) is 0 Å². The van der Waals surface area contributed by atoms with Crippen LogP contribution < -0.4 is 10.0 Å². The molecular weight excluding hydrogens is 330 g/mol. The summed E-state index contributed by atoms with van der Waals surface area (Å²) in [4.78, 5) is 4.31. The van der Waals surface area contributed by atoms with Crippen molar-refractivity contribution >= 4 is 37.3 Å². The Hall–Kier alpha value is -1.96. The van der Waals surface area contributed by atoms with E-state index >= 15 is 0 Å². The van der Waals surface area contributed by atoms with Gasteiger partial charge in [-0.1, -0.05) is 18.2 Å². The molecule has 2 aromatic heterocycles. The lowest BCUT2D eigenvalue weighted by Gasteiger charge is -2.06. The molecule has 0 saturated heterocycles. The number of rotatable bonds is 6. The van der Waals surface area contributed by atoms with Crippen molar-refractivity contribution in [2.75, 3.05) is 18.9 Å². The summed E-state index contributed by atoms with van der Waals surface area (Å²) in [6.45, 7) is 0.742. The van der Waals surface area contributed by atoms with Gasteiger partial charge in [0, 0.05) is 17.4 Å². The van der Waals surface area contributed by atoms with E-state index in [0.29, 0.717) is 5.82 Å². The zero-order valence-electron chi connectivity index (χ0n) is 12.6. The molecule has 0 bridgehead atoms. The van der Waals surface area contributed by atoms with Crippen LogP contribution in [0.5, 0.6) is 0 Å². The lowest BCUT2D eigenvalue weighted by molar-refractivity contribution is 0.588. The lowest BCUT2D eigenvalue weighted by atomic mass is 10.1. The Balaban J connectivity index is 1.63. The van der Waals surface area contributed by atoms with E-state index in [-0.39, 0.29) is 4.90 Å². The van der Waals surface area contributed by atoms with Crippen LogP contribution in [-0.2, 0) is 16.4 Å². The summed E-state index contributed by atoms with van der Waals surface area (Å²) >= 11 is 1.75. The van der Waals surface area contributed by atoms with E-state index in [2.05, 4.69) is 38.6 Å². The molecule has 0 aliphatic rings. The number of benzene rings is 1. The molecule has 120 valence electrons. The van der Waals surface area contributed by atoms with Gasteiger partial charge in [-0.05, 0) is 48.0 Å². The highest BCUT2D eigenvalue weighted by Crippen LogP contribution is 2.25. The first kappa shape index (κ1) is 15.9. The minimum Gasteiger partial charge on any atom is -0.370 e. The van der Waals surface area contributed by atoms with Gasteiger partial charge in [-0.15, -0.1) is 11.3 Å². The standard InChI is InChI=1S/C16H17N3O2S2/c1-17-23(20,21)13-6-7-16(19-10-13)18-9-8-12-11-22-15-5-3-2-4-14(12)15/h2-7,10-11,17H,8-9H2,1H3,(H,18,19). The largest absolute Gasteiger partial charge is 0.370 e. The molecule has 0 saturated carbocycles. The molecule has 0 spiro atoms. The highest BCUT2D eigenvalue weighted by Gasteiger charge is 2.11. The molecule has 0 aliphatic heterocycles. The summed E-state index contributed by atoms with van der Waals surface area (Å²) in [6.07, 6.45) is 2.25. The molecule has 5 nitrogen and oxygen atoms in total. The first-order valence-electron chi connectivity index (χ1n) is 7.19. The van der Waals surface area contributed by atoms with Gasteiger partial charge in [-0.3, -0.25) is 0 Å². The van der Waals surface area contributed by atoms with E-state index in [1.807, 2.05) is 6.07 Å². The summed E-state index contributed by atoms with van der Waals surface area (Å²) in [5, 5.41) is 6.70. The minimum absolute atomic E-state index is 0.161. The second-order valence-electron chi connectivity index (χ2n) is 5.02. The topological polar surface area (TPSA) is 71.1 Å². The summed E-state index contributed by atoms with van der Waals surface area (Å²) in [5.74, 6) is 0.666. The van der Waals surface area contributed by atoms with Crippen LogP contribution in [0.1, 0.15) is 5.56 Å². The molecule has 23 heavy (non-hydrogen) atoms. The van der Waals surface area contributed by atoms with Crippen molar-refractivity contribution in [2.24, 2.45) is 0 Å². The monoisotopic (exact) mass is 347 g/mol. The van der Waals surface area contributed by atoms with Gasteiger partial charge in [-0.25, -0.2) is 18.1 Å². The van der Waals surface area contributed by atoms with Crippen molar-refractivity contribution in [2.45, 2.75) is 11.3 Å². The van der Waals surface area contributed by atoms with Crippen molar-refractivity contribution in [3.8, 4) is 0 Å². The second kappa shape index (κ2) is 6.66. The van der Waals surface area contributed by atoms with Crippen LogP contribution in [0.4, 0.5) is 5.82 Å². The first-order chi connectivity index (χ1) is 11.1. The van der Waals surface area contributed by atoms with Gasteiger partial charge in [0.25, 0.3) is 0 Å². The minimum atomic E-state index is -3.43. The third-order valence-electron chi connectivity index (χ3n) is 3.58. The number of hydrogen-bond acceptors (Lipinski definition) is 5. The van der Waals surface area contributed by atoms with Gasteiger partial charge >= 0.3 is 0 Å². The zero-order chi connectivity index (χ0) is 16.3. The number of pyridine rings is 1. The molecule has 0 amide bonds. The third kappa shape index (κ3) is 3.52. The van der Waals surface area contributed by atoms with Crippen molar-refractivity contribution < 1.29 is 8.42 Å². The third-order valence-corrected chi connectivity index (χ3v) is 5.99. The SMILES string of the molecule is CNS(=O)(=O)c1ccc(NCCc2csc3ccccc23)nc1. The Morgan fingerprint density at radius 2 is 2.00 bits per heavy atom. The maximum absolute atomic E-state index is 11.6. The fourth-order valence-electron chi connectivity index (χ4n) is 2.31. The molecule has 3 rings (SSSR count). The van der Waals surface area contributed by atoms with Crippen LogP contribution in [0.25, 0.3) is 10.1 Å². The summed E-state index contributed by atoms with van der Waals surface area (Å²) in [5.41, 5.74) is 1.31. The lowest BCUT2D eigenvalue weighted by Crippen LogP contribution is -2.18. The predicted octanol–water partition coefficient (Wildman–Crippen LogP) is 2.86. The van der Waals surface area contributed by atoms with Crippen molar-refractivity contribution in [1.82, 2.24) is 9.71 Å². The molecule has 0 fully saturated rings. The molecule has 7 heteroatoms. The van der Waals surface area contributed by atoms with E-state index in [0.717, 1.165) is 13.0 Å². The molecule has 0 radical (unpaired) electrons. The number of thiophene rings is 1. The molecule has 0 unspecified atom stereocenters. The summed E-state index contributed by atoms with van der Waals surface area (Å²) in [7, 11) is -2.05. The summed E-state index contributed by atoms with van der Waals surface area (Å²) < 4.78 is 26.8. The van der Waals surface area contributed by atoms with Crippen LogP contribution >= 0.6 is 11.3 Å². The number of aromatic nitrogens is 1. The van der Waals surface area contributed by atoms with E-state index in [1.54, 1.807) is 23.5 Å². The molecule has 0 atom stereocenters. The smallest absolute Gasteiger partial charge is 0.241 e. The van der Waals surface area contributed by atoms with E-state index in [1.165, 1.54) is 28.9 Å².